The Balaban J connectivity index is 1.58. The van der Waals surface area contributed by atoms with E-state index >= 15 is 0 Å². The van der Waals surface area contributed by atoms with E-state index in [4.69, 9.17) is 4.42 Å². The molecule has 2 heterocycles. The number of furan rings is 1. The van der Waals surface area contributed by atoms with Gasteiger partial charge in [-0.25, -0.2) is 0 Å². The average molecular weight is 409 g/mol. The zero-order chi connectivity index (χ0) is 21.0. The number of benzene rings is 1. The molecule has 2 aliphatic rings. The van der Waals surface area contributed by atoms with Gasteiger partial charge in [0.15, 0.2) is 0 Å². The number of piperazine rings is 1. The predicted molar refractivity (Wildman–Crippen MR) is 122 cm³/mol. The maximum Gasteiger partial charge on any atom is 0.126 e. The van der Waals surface area contributed by atoms with Crippen molar-refractivity contribution >= 4 is 6.08 Å². The van der Waals surface area contributed by atoms with Crippen molar-refractivity contribution in [3.05, 3.63) is 65.1 Å². The van der Waals surface area contributed by atoms with Gasteiger partial charge in [-0.3, -0.25) is 0 Å². The minimum atomic E-state index is -0.730. The highest BCUT2D eigenvalue weighted by molar-refractivity contribution is 5.48. The lowest BCUT2D eigenvalue weighted by Gasteiger charge is -2.41. The highest BCUT2D eigenvalue weighted by atomic mass is 16.3. The highest BCUT2D eigenvalue weighted by Gasteiger charge is 2.40. The molecule has 2 atom stereocenters. The molecule has 2 unspecified atom stereocenters. The van der Waals surface area contributed by atoms with Gasteiger partial charge >= 0.3 is 0 Å². The third-order valence-electron chi connectivity index (χ3n) is 6.90. The standard InChI is InChI=1S/C26H36N2O2/c1-21-6-3-7-22(16-21)18-26(29)19-23(17-25-10-5-15-30-25)8-4-9-24(26)20-28-13-11-27(2)12-14-28/h3,5-7,10,15-17,24,29H,4,8-9,11-14,18-20H2,1-2H3/b23-17-. The third-order valence-corrected chi connectivity index (χ3v) is 6.90. The van der Waals surface area contributed by atoms with Gasteiger partial charge in [0, 0.05) is 45.1 Å². The molecule has 0 spiro atoms. The van der Waals surface area contributed by atoms with Crippen LogP contribution in [0.4, 0.5) is 0 Å². The quantitative estimate of drug-likeness (QED) is 0.745. The van der Waals surface area contributed by atoms with Crippen molar-refractivity contribution in [2.45, 2.75) is 44.6 Å². The van der Waals surface area contributed by atoms with E-state index in [1.165, 1.54) is 16.7 Å². The van der Waals surface area contributed by atoms with Gasteiger partial charge in [-0.2, -0.15) is 0 Å². The summed E-state index contributed by atoms with van der Waals surface area (Å²) in [6, 6.07) is 12.6. The number of aliphatic hydroxyl groups is 1. The second-order valence-electron chi connectivity index (χ2n) is 9.46. The zero-order valence-electron chi connectivity index (χ0n) is 18.5. The Hall–Kier alpha value is -1.88. The molecule has 0 amide bonds. The molecule has 1 aliphatic heterocycles. The van der Waals surface area contributed by atoms with Gasteiger partial charge in [-0.1, -0.05) is 35.4 Å². The molecule has 30 heavy (non-hydrogen) atoms. The second-order valence-corrected chi connectivity index (χ2v) is 9.46. The first-order chi connectivity index (χ1) is 14.5. The lowest BCUT2D eigenvalue weighted by atomic mass is 9.77. The van der Waals surface area contributed by atoms with E-state index in [2.05, 4.69) is 54.1 Å². The molecular formula is C26H36N2O2. The van der Waals surface area contributed by atoms with E-state index < -0.39 is 5.60 Å². The highest BCUT2D eigenvalue weighted by Crippen LogP contribution is 2.39. The lowest BCUT2D eigenvalue weighted by molar-refractivity contribution is -0.0347. The first kappa shape index (κ1) is 21.4. The molecular weight excluding hydrogens is 372 g/mol. The van der Waals surface area contributed by atoms with Crippen molar-refractivity contribution in [1.29, 1.82) is 0 Å². The molecule has 2 aromatic rings. The Labute approximate surface area is 181 Å². The number of hydrogen-bond donors (Lipinski definition) is 1. The Morgan fingerprint density at radius 2 is 2.00 bits per heavy atom. The Bertz CT molecular complexity index is 836. The topological polar surface area (TPSA) is 39.9 Å². The Morgan fingerprint density at radius 3 is 2.73 bits per heavy atom. The molecule has 1 aromatic carbocycles. The SMILES string of the molecule is Cc1cccc(CC2(O)C/C(=C\c3ccco3)CCCC2CN2CCN(C)CC2)c1. The number of aryl methyl sites for hydroxylation is 1. The smallest absolute Gasteiger partial charge is 0.126 e. The summed E-state index contributed by atoms with van der Waals surface area (Å²) in [5.41, 5.74) is 3.07. The largest absolute Gasteiger partial charge is 0.465 e. The normalized spacial score (nSPS) is 28.0. The van der Waals surface area contributed by atoms with E-state index in [1.54, 1.807) is 6.26 Å². The van der Waals surface area contributed by atoms with Crippen LogP contribution in [-0.4, -0.2) is 60.3 Å². The summed E-state index contributed by atoms with van der Waals surface area (Å²) in [5.74, 6) is 1.17. The fourth-order valence-electron chi connectivity index (χ4n) is 5.15. The first-order valence-corrected chi connectivity index (χ1v) is 11.4. The van der Waals surface area contributed by atoms with Crippen LogP contribution in [0.15, 0.2) is 52.7 Å². The molecule has 1 aromatic heterocycles. The fourth-order valence-corrected chi connectivity index (χ4v) is 5.15. The van der Waals surface area contributed by atoms with E-state index in [9.17, 15) is 5.11 Å². The van der Waals surface area contributed by atoms with Gasteiger partial charge in [-0.05, 0) is 63.4 Å². The fraction of sp³-hybridized carbons (Fsp3) is 0.538. The van der Waals surface area contributed by atoms with Crippen molar-refractivity contribution in [1.82, 2.24) is 9.80 Å². The molecule has 1 N–H and O–H groups in total. The van der Waals surface area contributed by atoms with Crippen LogP contribution in [0.2, 0.25) is 0 Å². The predicted octanol–water partition coefficient (Wildman–Crippen LogP) is 4.38. The molecule has 0 bridgehead atoms. The van der Waals surface area contributed by atoms with E-state index in [-0.39, 0.29) is 5.92 Å². The number of nitrogens with zero attached hydrogens (tertiary/aromatic N) is 2. The van der Waals surface area contributed by atoms with Crippen LogP contribution in [-0.2, 0) is 6.42 Å². The number of rotatable bonds is 5. The molecule has 0 radical (unpaired) electrons. The zero-order valence-corrected chi connectivity index (χ0v) is 18.5. The molecule has 1 saturated carbocycles. The molecule has 2 fully saturated rings. The van der Waals surface area contributed by atoms with Crippen LogP contribution < -0.4 is 0 Å². The van der Waals surface area contributed by atoms with Gasteiger partial charge in [0.25, 0.3) is 0 Å². The maximum atomic E-state index is 12.1. The molecule has 1 saturated heterocycles. The summed E-state index contributed by atoms with van der Waals surface area (Å²) in [4.78, 5) is 4.96. The molecule has 1 aliphatic carbocycles. The van der Waals surface area contributed by atoms with Gasteiger partial charge < -0.3 is 19.3 Å². The average Bonchev–Trinajstić information content (AvgIpc) is 3.16. The minimum Gasteiger partial charge on any atom is -0.465 e. The van der Waals surface area contributed by atoms with Gasteiger partial charge in [0.2, 0.25) is 0 Å². The summed E-state index contributed by atoms with van der Waals surface area (Å²) >= 11 is 0. The summed E-state index contributed by atoms with van der Waals surface area (Å²) < 4.78 is 5.57. The van der Waals surface area contributed by atoms with Crippen LogP contribution in [0.1, 0.15) is 42.6 Å². The summed E-state index contributed by atoms with van der Waals surface area (Å²) in [6.07, 6.45) is 8.54. The molecule has 4 nitrogen and oxygen atoms in total. The number of likely N-dealkylation sites (N-methyl/N-ethyl adjacent to an activating group) is 1. The van der Waals surface area contributed by atoms with Crippen LogP contribution >= 0.6 is 0 Å². The van der Waals surface area contributed by atoms with Crippen molar-refractivity contribution in [3.63, 3.8) is 0 Å². The van der Waals surface area contributed by atoms with Crippen molar-refractivity contribution in [3.8, 4) is 0 Å². The molecule has 4 heteroatoms. The van der Waals surface area contributed by atoms with Crippen LogP contribution in [0.25, 0.3) is 6.08 Å². The number of hydrogen-bond acceptors (Lipinski definition) is 4. The van der Waals surface area contributed by atoms with Crippen LogP contribution in [0.5, 0.6) is 0 Å². The molecule has 162 valence electrons. The monoisotopic (exact) mass is 408 g/mol. The lowest BCUT2D eigenvalue weighted by Crippen LogP contribution is -2.50. The van der Waals surface area contributed by atoms with Crippen LogP contribution in [0, 0.1) is 12.8 Å². The van der Waals surface area contributed by atoms with Crippen molar-refractivity contribution < 1.29 is 9.52 Å². The Kier molecular flexibility index (Phi) is 6.77. The van der Waals surface area contributed by atoms with Crippen LogP contribution in [0.3, 0.4) is 0 Å². The summed E-state index contributed by atoms with van der Waals surface area (Å²) in [5, 5.41) is 12.1. The van der Waals surface area contributed by atoms with Gasteiger partial charge in [0.1, 0.15) is 5.76 Å². The van der Waals surface area contributed by atoms with Crippen molar-refractivity contribution in [2.75, 3.05) is 39.8 Å². The summed E-state index contributed by atoms with van der Waals surface area (Å²) in [6.45, 7) is 7.55. The first-order valence-electron chi connectivity index (χ1n) is 11.4. The maximum absolute atomic E-state index is 12.1. The second kappa shape index (κ2) is 9.51. The third kappa shape index (κ3) is 5.42. The minimum absolute atomic E-state index is 0.281. The summed E-state index contributed by atoms with van der Waals surface area (Å²) in [7, 11) is 2.20. The van der Waals surface area contributed by atoms with Gasteiger partial charge in [0.05, 0.1) is 11.9 Å². The van der Waals surface area contributed by atoms with E-state index in [0.29, 0.717) is 6.42 Å². The molecule has 4 rings (SSSR count). The van der Waals surface area contributed by atoms with E-state index in [0.717, 1.165) is 64.2 Å². The van der Waals surface area contributed by atoms with E-state index in [1.807, 2.05) is 12.1 Å². The van der Waals surface area contributed by atoms with Crippen molar-refractivity contribution in [2.24, 2.45) is 5.92 Å². The Morgan fingerprint density at radius 1 is 1.17 bits per heavy atom. The van der Waals surface area contributed by atoms with Gasteiger partial charge in [-0.15, -0.1) is 0 Å².